The minimum Gasteiger partial charge on any atom is -0.306 e. The van der Waals surface area contributed by atoms with E-state index in [4.69, 9.17) is 0 Å². The number of aromatic nitrogens is 2. The van der Waals surface area contributed by atoms with Crippen molar-refractivity contribution >= 4 is 31.6 Å². The van der Waals surface area contributed by atoms with Gasteiger partial charge in [-0.05, 0) is 43.3 Å². The molecule has 168 valence electrons. The van der Waals surface area contributed by atoms with E-state index in [1.165, 1.54) is 43.0 Å². The molecule has 0 spiro atoms. The summed E-state index contributed by atoms with van der Waals surface area (Å²) in [5, 5.41) is 7.21. The summed E-state index contributed by atoms with van der Waals surface area (Å²) in [5.41, 5.74) is 2.84. The molecular weight excluding hydrogens is 452 g/mol. The number of rotatable bonds is 5. The van der Waals surface area contributed by atoms with Gasteiger partial charge in [0, 0.05) is 25.2 Å². The second-order valence-corrected chi connectivity index (χ2v) is 12.0. The average molecular weight is 475 g/mol. The van der Waals surface area contributed by atoms with Crippen LogP contribution < -0.4 is 5.32 Å². The van der Waals surface area contributed by atoms with Crippen molar-refractivity contribution in [2.45, 2.75) is 23.3 Å². The lowest BCUT2D eigenvalue weighted by molar-refractivity contribution is 0.102. The maximum Gasteiger partial charge on any atom is 0.256 e. The predicted octanol–water partition coefficient (Wildman–Crippen LogP) is 2.11. The van der Waals surface area contributed by atoms with Gasteiger partial charge in [0.1, 0.15) is 5.82 Å². The van der Waals surface area contributed by atoms with E-state index in [0.29, 0.717) is 22.8 Å². The largest absolute Gasteiger partial charge is 0.306 e. The van der Waals surface area contributed by atoms with Crippen LogP contribution in [0.5, 0.6) is 0 Å². The Morgan fingerprint density at radius 3 is 2.25 bits per heavy atom. The van der Waals surface area contributed by atoms with Crippen LogP contribution in [-0.2, 0) is 31.4 Å². The van der Waals surface area contributed by atoms with Gasteiger partial charge in [-0.25, -0.2) is 25.8 Å². The SMILES string of the molecule is Cc1ccc(-n2nc3c(c2NC(=O)c2ccc(S(=O)(=O)N(C)C)cc2)CS(=O)(=O)C3)cc1. The average Bonchev–Trinajstić information content (AvgIpc) is 3.21. The monoisotopic (exact) mass is 474 g/mol. The molecule has 0 unspecified atom stereocenters. The molecule has 1 aliphatic heterocycles. The smallest absolute Gasteiger partial charge is 0.256 e. The number of anilines is 1. The number of hydrogen-bond donors (Lipinski definition) is 1. The number of nitrogens with one attached hydrogen (secondary N) is 1. The van der Waals surface area contributed by atoms with Gasteiger partial charge in [-0.3, -0.25) is 4.79 Å². The first-order valence-electron chi connectivity index (χ1n) is 9.70. The van der Waals surface area contributed by atoms with Gasteiger partial charge in [0.25, 0.3) is 5.91 Å². The molecule has 0 saturated heterocycles. The Labute approximate surface area is 186 Å². The lowest BCUT2D eigenvalue weighted by atomic mass is 10.2. The van der Waals surface area contributed by atoms with Gasteiger partial charge in [-0.2, -0.15) is 5.10 Å². The molecule has 0 fully saturated rings. The first-order valence-corrected chi connectivity index (χ1v) is 13.0. The Hall–Kier alpha value is -3.02. The van der Waals surface area contributed by atoms with Gasteiger partial charge in [-0.1, -0.05) is 17.7 Å². The molecular formula is C21H22N4O5S2. The predicted molar refractivity (Wildman–Crippen MR) is 120 cm³/mol. The number of carbonyl (C=O) groups is 1. The fraction of sp³-hybridized carbons (Fsp3) is 0.238. The van der Waals surface area contributed by atoms with Gasteiger partial charge in [0.2, 0.25) is 10.0 Å². The van der Waals surface area contributed by atoms with Crippen molar-refractivity contribution in [3.8, 4) is 5.69 Å². The van der Waals surface area contributed by atoms with E-state index in [9.17, 15) is 21.6 Å². The Morgan fingerprint density at radius 1 is 1.03 bits per heavy atom. The third-order valence-electron chi connectivity index (χ3n) is 5.19. The molecule has 32 heavy (non-hydrogen) atoms. The van der Waals surface area contributed by atoms with E-state index < -0.39 is 25.8 Å². The van der Waals surface area contributed by atoms with Crippen LogP contribution in [0.15, 0.2) is 53.4 Å². The van der Waals surface area contributed by atoms with Crippen LogP contribution in [0.25, 0.3) is 5.69 Å². The molecule has 0 atom stereocenters. The van der Waals surface area contributed by atoms with Crippen molar-refractivity contribution in [2.75, 3.05) is 19.4 Å². The highest BCUT2D eigenvalue weighted by Crippen LogP contribution is 2.33. The van der Waals surface area contributed by atoms with E-state index in [2.05, 4.69) is 10.4 Å². The van der Waals surface area contributed by atoms with Crippen LogP contribution in [0.4, 0.5) is 5.82 Å². The molecule has 0 aliphatic carbocycles. The van der Waals surface area contributed by atoms with Crippen LogP contribution in [0, 0.1) is 6.92 Å². The van der Waals surface area contributed by atoms with Crippen molar-refractivity contribution in [2.24, 2.45) is 0 Å². The molecule has 1 N–H and O–H groups in total. The number of nitrogens with zero attached hydrogens (tertiary/aromatic N) is 3. The normalized spacial score (nSPS) is 15.0. The second kappa shape index (κ2) is 7.84. The standard InChI is InChI=1S/C21H22N4O5S2/c1-14-4-8-16(9-5-14)25-20(18-12-31(27,28)13-19(18)23-25)22-21(26)15-6-10-17(11-7-15)32(29,30)24(2)3/h4-11H,12-13H2,1-3H3,(H,22,26). The summed E-state index contributed by atoms with van der Waals surface area (Å²) >= 11 is 0. The number of aryl methyl sites for hydroxylation is 1. The quantitative estimate of drug-likeness (QED) is 0.605. The molecule has 1 aromatic heterocycles. The van der Waals surface area contributed by atoms with Crippen molar-refractivity contribution in [3.63, 3.8) is 0 Å². The zero-order valence-electron chi connectivity index (χ0n) is 17.7. The van der Waals surface area contributed by atoms with Crippen molar-refractivity contribution in [3.05, 3.63) is 70.9 Å². The van der Waals surface area contributed by atoms with E-state index >= 15 is 0 Å². The molecule has 2 heterocycles. The minimum atomic E-state index is -3.62. The third-order valence-corrected chi connectivity index (χ3v) is 8.46. The van der Waals surface area contributed by atoms with Crippen molar-refractivity contribution < 1.29 is 21.6 Å². The highest BCUT2D eigenvalue weighted by Gasteiger charge is 2.33. The zero-order valence-corrected chi connectivity index (χ0v) is 19.4. The minimum absolute atomic E-state index is 0.0655. The number of benzene rings is 2. The summed E-state index contributed by atoms with van der Waals surface area (Å²) in [5.74, 6) is -0.593. The molecule has 4 rings (SSSR count). The molecule has 0 bridgehead atoms. The van der Waals surface area contributed by atoms with Gasteiger partial charge in [0.05, 0.1) is 27.8 Å². The number of amides is 1. The molecule has 2 aromatic carbocycles. The summed E-state index contributed by atoms with van der Waals surface area (Å²) in [4.78, 5) is 13.0. The number of carbonyl (C=O) groups excluding carboxylic acids is 1. The number of fused-ring (bicyclic) bond motifs is 1. The maximum atomic E-state index is 12.9. The topological polar surface area (TPSA) is 118 Å². The lowest BCUT2D eigenvalue weighted by Crippen LogP contribution is -2.22. The van der Waals surface area contributed by atoms with Gasteiger partial charge >= 0.3 is 0 Å². The number of sulfone groups is 1. The molecule has 0 saturated carbocycles. The third kappa shape index (κ3) is 4.06. The Kier molecular flexibility index (Phi) is 5.43. The van der Waals surface area contributed by atoms with E-state index in [1.54, 1.807) is 0 Å². The Balaban J connectivity index is 1.69. The summed E-state index contributed by atoms with van der Waals surface area (Å²) in [6.07, 6.45) is 0. The van der Waals surface area contributed by atoms with E-state index in [-0.39, 0.29) is 22.0 Å². The molecule has 11 heteroatoms. The van der Waals surface area contributed by atoms with Gasteiger partial charge < -0.3 is 5.32 Å². The summed E-state index contributed by atoms with van der Waals surface area (Å²) in [7, 11) is -4.08. The van der Waals surface area contributed by atoms with Crippen LogP contribution in [0.1, 0.15) is 27.2 Å². The molecule has 1 amide bonds. The Morgan fingerprint density at radius 2 is 1.66 bits per heavy atom. The molecule has 1 aliphatic rings. The summed E-state index contributed by atoms with van der Waals surface area (Å²) < 4.78 is 51.3. The van der Waals surface area contributed by atoms with Crippen LogP contribution in [0.2, 0.25) is 0 Å². The van der Waals surface area contributed by atoms with Crippen molar-refractivity contribution in [1.29, 1.82) is 0 Å². The molecule has 9 nitrogen and oxygen atoms in total. The number of sulfonamides is 1. The second-order valence-electron chi connectivity index (χ2n) is 7.82. The molecule has 3 aromatic rings. The van der Waals surface area contributed by atoms with E-state index in [1.807, 2.05) is 31.2 Å². The maximum absolute atomic E-state index is 12.9. The molecule has 0 radical (unpaired) electrons. The highest BCUT2D eigenvalue weighted by atomic mass is 32.2. The first kappa shape index (κ1) is 22.2. The number of hydrogen-bond acceptors (Lipinski definition) is 6. The fourth-order valence-corrected chi connectivity index (χ4v) is 5.81. The van der Waals surface area contributed by atoms with Gasteiger partial charge in [0.15, 0.2) is 9.84 Å². The first-order chi connectivity index (χ1) is 15.0. The Bertz CT molecular complexity index is 1410. The van der Waals surface area contributed by atoms with Crippen molar-refractivity contribution in [1.82, 2.24) is 14.1 Å². The lowest BCUT2D eigenvalue weighted by Gasteiger charge is -2.13. The highest BCUT2D eigenvalue weighted by molar-refractivity contribution is 7.90. The van der Waals surface area contributed by atoms with Gasteiger partial charge in [-0.15, -0.1) is 0 Å². The van der Waals surface area contributed by atoms with Crippen LogP contribution in [0.3, 0.4) is 0 Å². The van der Waals surface area contributed by atoms with Crippen LogP contribution >= 0.6 is 0 Å². The van der Waals surface area contributed by atoms with E-state index in [0.717, 1.165) is 9.87 Å². The fourth-order valence-electron chi connectivity index (χ4n) is 3.41. The summed E-state index contributed by atoms with van der Waals surface area (Å²) in [6.45, 7) is 1.95. The summed E-state index contributed by atoms with van der Waals surface area (Å²) in [6, 6.07) is 13.0. The van der Waals surface area contributed by atoms with Crippen LogP contribution in [-0.4, -0.2) is 50.9 Å². The zero-order chi connectivity index (χ0) is 23.3.